The Labute approximate surface area is 154 Å². The minimum Gasteiger partial charge on any atom is -0.390 e. The van der Waals surface area contributed by atoms with E-state index in [9.17, 15) is 9.90 Å². The number of hydrogen-bond donors (Lipinski definition) is 1. The first-order valence-electron chi connectivity index (χ1n) is 10.8. The highest BCUT2D eigenvalue weighted by Gasteiger charge is 2.65. The van der Waals surface area contributed by atoms with Gasteiger partial charge in [-0.3, -0.25) is 4.79 Å². The Morgan fingerprint density at radius 3 is 2.12 bits per heavy atom. The molecule has 4 aliphatic carbocycles. The number of fused-ring (bicyclic) bond motifs is 5. The van der Waals surface area contributed by atoms with Gasteiger partial charge < -0.3 is 5.11 Å². The average molecular weight is 347 g/mol. The van der Waals surface area contributed by atoms with Crippen LogP contribution in [0.4, 0.5) is 0 Å². The molecule has 2 heteroatoms. The van der Waals surface area contributed by atoms with Crippen LogP contribution in [0.5, 0.6) is 0 Å². The van der Waals surface area contributed by atoms with E-state index < -0.39 is 5.60 Å². The van der Waals surface area contributed by atoms with Crippen LogP contribution in [0.25, 0.3) is 0 Å². The molecule has 0 radical (unpaired) electrons. The molecule has 0 saturated heterocycles. The van der Waals surface area contributed by atoms with Gasteiger partial charge in [0.1, 0.15) is 5.78 Å². The van der Waals surface area contributed by atoms with Crippen molar-refractivity contribution < 1.29 is 9.90 Å². The highest BCUT2D eigenvalue weighted by molar-refractivity contribution is 5.79. The smallest absolute Gasteiger partial charge is 0.133 e. The van der Waals surface area contributed by atoms with E-state index in [0.717, 1.165) is 25.2 Å². The summed E-state index contributed by atoms with van der Waals surface area (Å²) in [6.45, 7) is 11.4. The van der Waals surface area contributed by atoms with Gasteiger partial charge in [0.25, 0.3) is 0 Å². The molecule has 0 aromatic rings. The first kappa shape index (κ1) is 18.0. The van der Waals surface area contributed by atoms with E-state index in [-0.39, 0.29) is 5.41 Å². The maximum absolute atomic E-state index is 12.3. The van der Waals surface area contributed by atoms with Gasteiger partial charge in [-0.15, -0.1) is 0 Å². The molecule has 1 N–H and O–H groups in total. The van der Waals surface area contributed by atoms with Gasteiger partial charge >= 0.3 is 0 Å². The first-order valence-corrected chi connectivity index (χ1v) is 10.8. The molecule has 0 aromatic heterocycles. The van der Waals surface area contributed by atoms with Gasteiger partial charge in [-0.1, -0.05) is 20.8 Å². The van der Waals surface area contributed by atoms with E-state index in [4.69, 9.17) is 0 Å². The van der Waals surface area contributed by atoms with E-state index in [1.54, 1.807) is 0 Å². The molecule has 4 rings (SSSR count). The summed E-state index contributed by atoms with van der Waals surface area (Å²) in [5, 5.41) is 10.6. The number of carbonyl (C=O) groups excluding carboxylic acids is 1. The average Bonchev–Trinajstić information content (AvgIpc) is 2.87. The summed E-state index contributed by atoms with van der Waals surface area (Å²) >= 11 is 0. The summed E-state index contributed by atoms with van der Waals surface area (Å²) in [6.07, 6.45) is 10.6. The van der Waals surface area contributed by atoms with Crippen molar-refractivity contribution in [1.82, 2.24) is 0 Å². The van der Waals surface area contributed by atoms with Crippen molar-refractivity contribution in [2.24, 2.45) is 39.9 Å². The quantitative estimate of drug-likeness (QED) is 0.692. The normalized spacial score (nSPS) is 58.2. The third kappa shape index (κ3) is 2.35. The molecular formula is C23H38O2. The summed E-state index contributed by atoms with van der Waals surface area (Å²) in [4.78, 5) is 12.3. The third-order valence-corrected chi connectivity index (χ3v) is 10.0. The second kappa shape index (κ2) is 5.33. The van der Waals surface area contributed by atoms with Crippen molar-refractivity contribution in [2.45, 2.75) is 98.0 Å². The van der Waals surface area contributed by atoms with Crippen LogP contribution in [-0.2, 0) is 4.79 Å². The van der Waals surface area contributed by atoms with Crippen LogP contribution in [0, 0.1) is 39.9 Å². The van der Waals surface area contributed by atoms with Crippen molar-refractivity contribution in [3.05, 3.63) is 0 Å². The number of aliphatic hydroxyl groups is 1. The van der Waals surface area contributed by atoms with E-state index in [1.165, 1.54) is 38.5 Å². The predicted octanol–water partition coefficient (Wildman–Crippen LogP) is 5.38. The molecule has 142 valence electrons. The van der Waals surface area contributed by atoms with Gasteiger partial charge in [0, 0.05) is 5.92 Å². The van der Waals surface area contributed by atoms with Crippen molar-refractivity contribution in [2.75, 3.05) is 0 Å². The van der Waals surface area contributed by atoms with Gasteiger partial charge in [0.05, 0.1) is 5.60 Å². The van der Waals surface area contributed by atoms with Gasteiger partial charge in [0.15, 0.2) is 0 Å². The molecule has 0 spiro atoms. The van der Waals surface area contributed by atoms with Crippen molar-refractivity contribution in [1.29, 1.82) is 0 Å². The van der Waals surface area contributed by atoms with Crippen LogP contribution >= 0.6 is 0 Å². The standard InChI is InChI=1S/C23H38O2/c1-15(24)17-6-7-18-22(17,4)11-9-19-21(3)13-12-20(2,25)14-16(21)8-10-23(18,19)5/h16-19,25H,6-14H2,1-5H3/t16-,17-,18-,19-,20-,21+,22-,23+/m1/s1. The van der Waals surface area contributed by atoms with E-state index in [0.29, 0.717) is 34.4 Å². The maximum Gasteiger partial charge on any atom is 0.133 e. The Kier molecular flexibility index (Phi) is 3.84. The minimum atomic E-state index is -0.450. The van der Waals surface area contributed by atoms with E-state index in [2.05, 4.69) is 20.8 Å². The van der Waals surface area contributed by atoms with Gasteiger partial charge in [-0.2, -0.15) is 0 Å². The number of Topliss-reactive ketones (excluding diaryl/α,β-unsaturated/α-hetero) is 1. The zero-order chi connectivity index (χ0) is 18.3. The van der Waals surface area contributed by atoms with Crippen LogP contribution in [-0.4, -0.2) is 16.5 Å². The van der Waals surface area contributed by atoms with Gasteiger partial charge in [-0.25, -0.2) is 0 Å². The Balaban J connectivity index is 1.68. The second-order valence-electron chi connectivity index (χ2n) is 11.3. The minimum absolute atomic E-state index is 0.237. The lowest BCUT2D eigenvalue weighted by atomic mass is 9.39. The molecule has 8 atom stereocenters. The second-order valence-corrected chi connectivity index (χ2v) is 11.3. The summed E-state index contributed by atoms with van der Waals surface area (Å²) in [5.41, 5.74) is 0.575. The SMILES string of the molecule is CC(=O)[C@H]1CC[C@H]2[C@]3(C)CC[C@@H]4C[C@](C)(O)CC[C@]4(C)[C@H]3CC[C@@]21C. The van der Waals surface area contributed by atoms with Crippen molar-refractivity contribution in [3.63, 3.8) is 0 Å². The molecule has 2 nitrogen and oxygen atoms in total. The molecule has 0 aliphatic heterocycles. The Morgan fingerprint density at radius 2 is 1.44 bits per heavy atom. The number of carbonyl (C=O) groups is 1. The van der Waals surface area contributed by atoms with Crippen LogP contribution < -0.4 is 0 Å². The fourth-order valence-electron chi connectivity index (χ4n) is 8.78. The lowest BCUT2D eigenvalue weighted by Crippen LogP contribution is -2.60. The summed E-state index contributed by atoms with van der Waals surface area (Å²) in [5.74, 6) is 2.91. The number of rotatable bonds is 1. The molecule has 4 saturated carbocycles. The van der Waals surface area contributed by atoms with Crippen molar-refractivity contribution in [3.8, 4) is 0 Å². The molecule has 0 unspecified atom stereocenters. The van der Waals surface area contributed by atoms with Crippen LogP contribution in [0.1, 0.15) is 92.4 Å². The largest absolute Gasteiger partial charge is 0.390 e. The lowest BCUT2D eigenvalue weighted by Gasteiger charge is -2.66. The maximum atomic E-state index is 12.3. The zero-order valence-corrected chi connectivity index (χ0v) is 17.0. The Morgan fingerprint density at radius 1 is 0.800 bits per heavy atom. The van der Waals surface area contributed by atoms with Crippen molar-refractivity contribution >= 4 is 5.78 Å². The molecular weight excluding hydrogens is 308 g/mol. The zero-order valence-electron chi connectivity index (χ0n) is 17.0. The summed E-state index contributed by atoms with van der Waals surface area (Å²) in [7, 11) is 0. The first-order chi connectivity index (χ1) is 11.5. The molecule has 0 aromatic carbocycles. The molecule has 0 bridgehead atoms. The molecule has 4 aliphatic rings. The topological polar surface area (TPSA) is 37.3 Å². The van der Waals surface area contributed by atoms with Gasteiger partial charge in [0.2, 0.25) is 0 Å². The fourth-order valence-corrected chi connectivity index (χ4v) is 8.78. The Bertz CT molecular complexity index is 581. The van der Waals surface area contributed by atoms with Gasteiger partial charge in [-0.05, 0) is 106 Å². The van der Waals surface area contributed by atoms with Crippen LogP contribution in [0.2, 0.25) is 0 Å². The molecule has 0 heterocycles. The van der Waals surface area contributed by atoms with Crippen LogP contribution in [0.3, 0.4) is 0 Å². The highest BCUT2D eigenvalue weighted by Crippen LogP contribution is 2.72. The number of hydrogen-bond acceptors (Lipinski definition) is 2. The lowest BCUT2D eigenvalue weighted by molar-refractivity contribution is -0.186. The summed E-state index contributed by atoms with van der Waals surface area (Å²) in [6, 6.07) is 0. The third-order valence-electron chi connectivity index (χ3n) is 10.0. The highest BCUT2D eigenvalue weighted by atomic mass is 16.3. The van der Waals surface area contributed by atoms with E-state index >= 15 is 0 Å². The Hall–Kier alpha value is -0.370. The fraction of sp³-hybridized carbons (Fsp3) is 0.957. The predicted molar refractivity (Wildman–Crippen MR) is 101 cm³/mol. The molecule has 0 amide bonds. The number of ketones is 1. The molecule has 25 heavy (non-hydrogen) atoms. The van der Waals surface area contributed by atoms with E-state index in [1.807, 2.05) is 13.8 Å². The summed E-state index contributed by atoms with van der Waals surface area (Å²) < 4.78 is 0. The monoisotopic (exact) mass is 346 g/mol. The van der Waals surface area contributed by atoms with Crippen LogP contribution in [0.15, 0.2) is 0 Å². The molecule has 4 fully saturated rings.